The van der Waals surface area contributed by atoms with E-state index in [-0.39, 0.29) is 17.0 Å². The molecule has 2 rings (SSSR count). The normalized spacial score (nSPS) is 10.6. The van der Waals surface area contributed by atoms with E-state index in [0.717, 1.165) is 23.0 Å². The number of carboxylic acid groups (broad SMARTS) is 1. The maximum atomic E-state index is 12.1. The van der Waals surface area contributed by atoms with E-state index in [9.17, 15) is 13.6 Å². The third kappa shape index (κ3) is 2.42. The van der Waals surface area contributed by atoms with Crippen LogP contribution < -0.4 is 4.74 Å². The molecule has 0 aliphatic carbocycles. The van der Waals surface area contributed by atoms with Crippen molar-refractivity contribution < 1.29 is 23.4 Å². The van der Waals surface area contributed by atoms with Gasteiger partial charge in [-0.2, -0.15) is 23.8 Å². The van der Waals surface area contributed by atoms with Gasteiger partial charge in [0.15, 0.2) is 0 Å². The van der Waals surface area contributed by atoms with Crippen LogP contribution >= 0.6 is 0 Å². The lowest BCUT2D eigenvalue weighted by molar-refractivity contribution is -0.0498. The molecule has 0 atom stereocenters. The van der Waals surface area contributed by atoms with Crippen LogP contribution in [0, 0.1) is 0 Å². The number of aromatic carboxylic acids is 1. The summed E-state index contributed by atoms with van der Waals surface area (Å²) in [5.41, 5.74) is -0.0709. The fraction of sp³-hybridized carbons (Fsp3) is 0.100. The second kappa shape index (κ2) is 4.78. The summed E-state index contributed by atoms with van der Waals surface area (Å²) in [6.45, 7) is -2.99. The topological polar surface area (TPSA) is 77.2 Å². The van der Waals surface area contributed by atoms with Gasteiger partial charge >= 0.3 is 12.6 Å². The number of alkyl halides is 2. The molecule has 6 nitrogen and oxygen atoms in total. The second-order valence-corrected chi connectivity index (χ2v) is 3.18. The summed E-state index contributed by atoms with van der Waals surface area (Å²) in [5, 5.41) is 16.5. The van der Waals surface area contributed by atoms with Crippen molar-refractivity contribution in [2.24, 2.45) is 0 Å². The van der Waals surface area contributed by atoms with Gasteiger partial charge in [0.25, 0.3) is 0 Å². The number of nitrogens with zero attached hydrogens (tertiary/aromatic N) is 3. The monoisotopic (exact) mass is 255 g/mol. The number of hydrogen-bond donors (Lipinski definition) is 1. The van der Waals surface area contributed by atoms with Crippen LogP contribution in [0.5, 0.6) is 5.75 Å². The lowest BCUT2D eigenvalue weighted by atomic mass is 10.2. The molecule has 1 N–H and O–H groups in total. The van der Waals surface area contributed by atoms with Crippen molar-refractivity contribution in [3.8, 4) is 11.4 Å². The first-order valence-corrected chi connectivity index (χ1v) is 4.77. The van der Waals surface area contributed by atoms with Gasteiger partial charge < -0.3 is 9.84 Å². The first-order valence-electron chi connectivity index (χ1n) is 4.77. The summed E-state index contributed by atoms with van der Waals surface area (Å²) in [6.07, 6.45) is 2.68. The van der Waals surface area contributed by atoms with E-state index in [1.165, 1.54) is 12.4 Å². The lowest BCUT2D eigenvalue weighted by Crippen LogP contribution is -2.09. The van der Waals surface area contributed by atoms with Gasteiger partial charge in [-0.05, 0) is 12.1 Å². The van der Waals surface area contributed by atoms with Gasteiger partial charge in [0.1, 0.15) is 11.4 Å². The third-order valence-corrected chi connectivity index (χ3v) is 2.06. The van der Waals surface area contributed by atoms with Crippen molar-refractivity contribution in [1.29, 1.82) is 0 Å². The zero-order valence-electron chi connectivity index (χ0n) is 8.83. The Kier molecular flexibility index (Phi) is 3.18. The van der Waals surface area contributed by atoms with Gasteiger partial charge in [-0.15, -0.1) is 0 Å². The quantitative estimate of drug-likeness (QED) is 0.897. The minimum absolute atomic E-state index is 0.0469. The van der Waals surface area contributed by atoms with Crippen molar-refractivity contribution in [1.82, 2.24) is 15.0 Å². The first kappa shape index (κ1) is 12.0. The Bertz CT molecular complexity index is 558. The van der Waals surface area contributed by atoms with Crippen LogP contribution in [0.4, 0.5) is 8.78 Å². The Hall–Kier alpha value is -2.51. The molecule has 8 heteroatoms. The molecule has 0 spiro atoms. The SMILES string of the molecule is O=C(O)c1ccc(OC(F)F)cc1-n1nccn1. The van der Waals surface area contributed by atoms with Gasteiger partial charge in [0, 0.05) is 6.07 Å². The third-order valence-electron chi connectivity index (χ3n) is 2.06. The number of hydrogen-bond acceptors (Lipinski definition) is 4. The Morgan fingerprint density at radius 2 is 2.00 bits per heavy atom. The molecule has 1 aromatic carbocycles. The number of rotatable bonds is 4. The van der Waals surface area contributed by atoms with Gasteiger partial charge in [-0.1, -0.05) is 0 Å². The van der Waals surface area contributed by atoms with Crippen LogP contribution in [-0.2, 0) is 0 Å². The number of ether oxygens (including phenoxy) is 1. The molecule has 0 fully saturated rings. The molecule has 0 amide bonds. The Labute approximate surface area is 99.4 Å². The van der Waals surface area contributed by atoms with Crippen LogP contribution in [0.2, 0.25) is 0 Å². The van der Waals surface area contributed by atoms with Crippen molar-refractivity contribution in [3.63, 3.8) is 0 Å². The van der Waals surface area contributed by atoms with Crippen molar-refractivity contribution in [2.75, 3.05) is 0 Å². The van der Waals surface area contributed by atoms with E-state index >= 15 is 0 Å². The molecule has 94 valence electrons. The van der Waals surface area contributed by atoms with Gasteiger partial charge in [-0.3, -0.25) is 0 Å². The highest BCUT2D eigenvalue weighted by Crippen LogP contribution is 2.22. The number of benzene rings is 1. The van der Waals surface area contributed by atoms with E-state index in [0.29, 0.717) is 0 Å². The molecule has 1 heterocycles. The highest BCUT2D eigenvalue weighted by atomic mass is 19.3. The Morgan fingerprint density at radius 1 is 1.33 bits per heavy atom. The molecule has 2 aromatic rings. The standard InChI is InChI=1S/C10H7F2N3O3/c11-10(12)18-6-1-2-7(9(16)17)8(5-6)15-13-3-4-14-15/h1-5,10H,(H,16,17). The van der Waals surface area contributed by atoms with Crippen LogP contribution in [0.1, 0.15) is 10.4 Å². The van der Waals surface area contributed by atoms with Gasteiger partial charge in [0.2, 0.25) is 0 Å². The molecule has 0 aliphatic rings. The Balaban J connectivity index is 2.48. The summed E-state index contributed by atoms with van der Waals surface area (Å²) in [6, 6.07) is 3.43. The first-order chi connectivity index (χ1) is 8.58. The number of carboxylic acids is 1. The smallest absolute Gasteiger partial charge is 0.387 e. The van der Waals surface area contributed by atoms with Gasteiger partial charge in [0.05, 0.1) is 18.0 Å². The highest BCUT2D eigenvalue weighted by molar-refractivity contribution is 5.92. The molecular formula is C10H7F2N3O3. The van der Waals surface area contributed by atoms with Crippen molar-refractivity contribution in [2.45, 2.75) is 6.61 Å². The van der Waals surface area contributed by atoms with E-state index < -0.39 is 12.6 Å². The minimum atomic E-state index is -2.99. The van der Waals surface area contributed by atoms with E-state index in [1.54, 1.807) is 0 Å². The van der Waals surface area contributed by atoms with Crippen LogP contribution in [0.3, 0.4) is 0 Å². The van der Waals surface area contributed by atoms with Crippen LogP contribution in [-0.4, -0.2) is 32.7 Å². The average Bonchev–Trinajstić information content (AvgIpc) is 2.80. The predicted molar refractivity (Wildman–Crippen MR) is 55.0 cm³/mol. The summed E-state index contributed by atoms with van der Waals surface area (Å²) < 4.78 is 28.3. The molecule has 0 saturated heterocycles. The molecule has 0 radical (unpaired) electrons. The van der Waals surface area contributed by atoms with Crippen LogP contribution in [0.15, 0.2) is 30.6 Å². The summed E-state index contributed by atoms with van der Waals surface area (Å²) in [4.78, 5) is 12.0. The molecule has 18 heavy (non-hydrogen) atoms. The van der Waals surface area contributed by atoms with E-state index in [4.69, 9.17) is 5.11 Å². The van der Waals surface area contributed by atoms with Gasteiger partial charge in [-0.25, -0.2) is 4.79 Å². The average molecular weight is 255 g/mol. The maximum Gasteiger partial charge on any atom is 0.387 e. The van der Waals surface area contributed by atoms with E-state index in [1.807, 2.05) is 0 Å². The zero-order valence-corrected chi connectivity index (χ0v) is 8.83. The molecular weight excluding hydrogens is 248 g/mol. The second-order valence-electron chi connectivity index (χ2n) is 3.18. The highest BCUT2D eigenvalue weighted by Gasteiger charge is 2.15. The van der Waals surface area contributed by atoms with Crippen molar-refractivity contribution >= 4 is 5.97 Å². The van der Waals surface area contributed by atoms with Crippen LogP contribution in [0.25, 0.3) is 5.69 Å². The molecule has 0 unspecified atom stereocenters. The minimum Gasteiger partial charge on any atom is -0.478 e. The number of halogens is 2. The maximum absolute atomic E-state index is 12.1. The zero-order chi connectivity index (χ0) is 13.1. The summed E-state index contributed by atoms with van der Waals surface area (Å²) >= 11 is 0. The number of aromatic nitrogens is 3. The molecule has 0 bridgehead atoms. The van der Waals surface area contributed by atoms with E-state index in [2.05, 4.69) is 14.9 Å². The largest absolute Gasteiger partial charge is 0.478 e. The summed E-state index contributed by atoms with van der Waals surface area (Å²) in [7, 11) is 0. The molecule has 1 aromatic heterocycles. The lowest BCUT2D eigenvalue weighted by Gasteiger charge is -2.08. The number of carbonyl (C=O) groups is 1. The molecule has 0 saturated carbocycles. The fourth-order valence-corrected chi connectivity index (χ4v) is 1.37. The van der Waals surface area contributed by atoms with Crippen molar-refractivity contribution in [3.05, 3.63) is 36.2 Å². The molecule has 0 aliphatic heterocycles. The fourth-order valence-electron chi connectivity index (χ4n) is 1.37. The Morgan fingerprint density at radius 3 is 2.56 bits per heavy atom. The summed E-state index contributed by atoms with van der Waals surface area (Å²) in [5.74, 6) is -1.38. The predicted octanol–water partition coefficient (Wildman–Crippen LogP) is 1.57.